The number of rotatable bonds is 3. The Morgan fingerprint density at radius 2 is 2.38 bits per heavy atom. The first-order chi connectivity index (χ1) is 6.18. The van der Waals surface area contributed by atoms with Gasteiger partial charge in [0.1, 0.15) is 0 Å². The van der Waals surface area contributed by atoms with E-state index in [1.807, 2.05) is 19.9 Å². The molecule has 0 spiro atoms. The third-order valence-corrected chi connectivity index (χ3v) is 1.45. The standard InChI is InChI=1S/C9H14N2O2/c1-7(2)11-9(12)10-5-8-3-4-13-6-8/h3-4,6-7H,5H2,1-2H3,(H2,10,11,12). The minimum absolute atomic E-state index is 0.156. The molecule has 1 aromatic rings. The van der Waals surface area contributed by atoms with Gasteiger partial charge >= 0.3 is 6.03 Å². The Bertz CT molecular complexity index is 255. The Hall–Kier alpha value is -1.45. The van der Waals surface area contributed by atoms with Crippen LogP contribution in [-0.4, -0.2) is 12.1 Å². The van der Waals surface area contributed by atoms with Crippen molar-refractivity contribution in [3.63, 3.8) is 0 Å². The molecule has 1 rings (SSSR count). The molecule has 0 saturated carbocycles. The molecule has 0 aromatic carbocycles. The molecule has 0 bridgehead atoms. The van der Waals surface area contributed by atoms with E-state index in [4.69, 9.17) is 4.42 Å². The SMILES string of the molecule is CC(C)NC(=O)NCc1ccoc1. The maximum Gasteiger partial charge on any atom is 0.315 e. The minimum Gasteiger partial charge on any atom is -0.472 e. The summed E-state index contributed by atoms with van der Waals surface area (Å²) >= 11 is 0. The number of hydrogen-bond donors (Lipinski definition) is 2. The number of carbonyl (C=O) groups is 1. The number of amides is 2. The molecule has 0 unspecified atom stereocenters. The summed E-state index contributed by atoms with van der Waals surface area (Å²) in [6, 6.07) is 1.82. The normalized spacial score (nSPS) is 10.1. The molecule has 4 nitrogen and oxygen atoms in total. The molecule has 0 atom stereocenters. The summed E-state index contributed by atoms with van der Waals surface area (Å²) in [4.78, 5) is 11.1. The van der Waals surface area contributed by atoms with Gasteiger partial charge in [0.15, 0.2) is 0 Å². The second kappa shape index (κ2) is 4.54. The Morgan fingerprint density at radius 1 is 1.62 bits per heavy atom. The summed E-state index contributed by atoms with van der Waals surface area (Å²) in [7, 11) is 0. The first kappa shape index (κ1) is 9.64. The van der Waals surface area contributed by atoms with E-state index in [1.54, 1.807) is 12.5 Å². The van der Waals surface area contributed by atoms with Gasteiger partial charge in [0.2, 0.25) is 0 Å². The Kier molecular flexibility index (Phi) is 3.37. The van der Waals surface area contributed by atoms with Gasteiger partial charge in [-0.3, -0.25) is 0 Å². The molecule has 1 aromatic heterocycles. The average Bonchev–Trinajstić information content (AvgIpc) is 2.51. The van der Waals surface area contributed by atoms with E-state index < -0.39 is 0 Å². The zero-order valence-corrected chi connectivity index (χ0v) is 7.83. The highest BCUT2D eigenvalue weighted by Crippen LogP contribution is 1.97. The number of hydrogen-bond acceptors (Lipinski definition) is 2. The molecule has 0 aliphatic rings. The Balaban J connectivity index is 2.23. The molecule has 0 aliphatic heterocycles. The molecule has 2 N–H and O–H groups in total. The quantitative estimate of drug-likeness (QED) is 0.744. The Labute approximate surface area is 77.3 Å². The van der Waals surface area contributed by atoms with Crippen LogP contribution >= 0.6 is 0 Å². The molecule has 1 heterocycles. The molecule has 2 amide bonds. The monoisotopic (exact) mass is 182 g/mol. The molecule has 4 heteroatoms. The van der Waals surface area contributed by atoms with Crippen LogP contribution in [-0.2, 0) is 6.54 Å². The highest BCUT2D eigenvalue weighted by atomic mass is 16.3. The van der Waals surface area contributed by atoms with Crippen molar-refractivity contribution in [1.29, 1.82) is 0 Å². The van der Waals surface area contributed by atoms with Gasteiger partial charge in [0, 0.05) is 18.2 Å². The highest BCUT2D eigenvalue weighted by Gasteiger charge is 2.01. The van der Waals surface area contributed by atoms with Crippen molar-refractivity contribution < 1.29 is 9.21 Å². The summed E-state index contributed by atoms with van der Waals surface area (Å²) in [5.41, 5.74) is 0.957. The smallest absolute Gasteiger partial charge is 0.315 e. The van der Waals surface area contributed by atoms with Gasteiger partial charge in [-0.1, -0.05) is 0 Å². The summed E-state index contributed by atoms with van der Waals surface area (Å²) in [6.07, 6.45) is 3.19. The lowest BCUT2D eigenvalue weighted by Gasteiger charge is -2.08. The number of nitrogens with one attached hydrogen (secondary N) is 2. The topological polar surface area (TPSA) is 54.3 Å². The van der Waals surface area contributed by atoms with Crippen molar-refractivity contribution in [1.82, 2.24) is 10.6 Å². The van der Waals surface area contributed by atoms with Crippen LogP contribution in [0.4, 0.5) is 4.79 Å². The lowest BCUT2D eigenvalue weighted by Crippen LogP contribution is -2.38. The van der Waals surface area contributed by atoms with Crippen LogP contribution in [0.3, 0.4) is 0 Å². The molecule has 0 radical (unpaired) electrons. The molecule has 72 valence electrons. The third kappa shape index (κ3) is 3.64. The van der Waals surface area contributed by atoms with Crippen molar-refractivity contribution >= 4 is 6.03 Å². The van der Waals surface area contributed by atoms with Gasteiger partial charge in [0.25, 0.3) is 0 Å². The fourth-order valence-corrected chi connectivity index (χ4v) is 0.889. The van der Waals surface area contributed by atoms with Gasteiger partial charge < -0.3 is 15.1 Å². The number of urea groups is 1. The van der Waals surface area contributed by atoms with Crippen LogP contribution in [0.1, 0.15) is 19.4 Å². The second-order valence-corrected chi connectivity index (χ2v) is 3.11. The minimum atomic E-state index is -0.156. The number of carbonyl (C=O) groups excluding carboxylic acids is 1. The van der Waals surface area contributed by atoms with Crippen molar-refractivity contribution in [2.75, 3.05) is 0 Å². The lowest BCUT2D eigenvalue weighted by atomic mass is 10.3. The van der Waals surface area contributed by atoms with Crippen LogP contribution in [0.25, 0.3) is 0 Å². The van der Waals surface area contributed by atoms with Gasteiger partial charge in [-0.15, -0.1) is 0 Å². The maximum atomic E-state index is 11.1. The predicted octanol–water partition coefficient (Wildman–Crippen LogP) is 1.49. The second-order valence-electron chi connectivity index (χ2n) is 3.11. The van der Waals surface area contributed by atoms with E-state index in [-0.39, 0.29) is 12.1 Å². The maximum absolute atomic E-state index is 11.1. The zero-order chi connectivity index (χ0) is 9.68. The fraction of sp³-hybridized carbons (Fsp3) is 0.444. The summed E-state index contributed by atoms with van der Waals surface area (Å²) in [5.74, 6) is 0. The van der Waals surface area contributed by atoms with Crippen LogP contribution in [0, 0.1) is 0 Å². The van der Waals surface area contributed by atoms with Crippen molar-refractivity contribution in [2.24, 2.45) is 0 Å². The van der Waals surface area contributed by atoms with E-state index in [2.05, 4.69) is 10.6 Å². The fourth-order valence-electron chi connectivity index (χ4n) is 0.889. The first-order valence-electron chi connectivity index (χ1n) is 4.24. The van der Waals surface area contributed by atoms with E-state index in [9.17, 15) is 4.79 Å². The van der Waals surface area contributed by atoms with Crippen molar-refractivity contribution in [2.45, 2.75) is 26.4 Å². The third-order valence-electron chi connectivity index (χ3n) is 1.45. The average molecular weight is 182 g/mol. The van der Waals surface area contributed by atoms with Crippen LogP contribution in [0.5, 0.6) is 0 Å². The van der Waals surface area contributed by atoms with E-state index >= 15 is 0 Å². The highest BCUT2D eigenvalue weighted by molar-refractivity contribution is 5.74. The lowest BCUT2D eigenvalue weighted by molar-refractivity contribution is 0.238. The molecular formula is C9H14N2O2. The number of furan rings is 1. The van der Waals surface area contributed by atoms with Gasteiger partial charge in [-0.2, -0.15) is 0 Å². The van der Waals surface area contributed by atoms with E-state index in [1.165, 1.54) is 0 Å². The summed E-state index contributed by atoms with van der Waals surface area (Å²) in [5, 5.41) is 5.43. The van der Waals surface area contributed by atoms with Crippen molar-refractivity contribution in [3.05, 3.63) is 24.2 Å². The molecule has 0 saturated heterocycles. The van der Waals surface area contributed by atoms with Crippen LogP contribution in [0.15, 0.2) is 23.0 Å². The molecule has 0 aliphatic carbocycles. The molecule has 13 heavy (non-hydrogen) atoms. The van der Waals surface area contributed by atoms with Gasteiger partial charge in [0.05, 0.1) is 12.5 Å². The summed E-state index contributed by atoms with van der Waals surface area (Å²) in [6.45, 7) is 4.32. The first-order valence-corrected chi connectivity index (χ1v) is 4.24. The molecule has 0 fully saturated rings. The van der Waals surface area contributed by atoms with E-state index in [0.717, 1.165) is 5.56 Å². The van der Waals surface area contributed by atoms with Crippen molar-refractivity contribution in [3.8, 4) is 0 Å². The molecular weight excluding hydrogens is 168 g/mol. The zero-order valence-electron chi connectivity index (χ0n) is 7.83. The van der Waals surface area contributed by atoms with E-state index in [0.29, 0.717) is 6.54 Å². The van der Waals surface area contributed by atoms with Gasteiger partial charge in [-0.05, 0) is 19.9 Å². The van der Waals surface area contributed by atoms with Crippen LogP contribution in [0.2, 0.25) is 0 Å². The predicted molar refractivity (Wildman–Crippen MR) is 49.2 cm³/mol. The summed E-state index contributed by atoms with van der Waals surface area (Å²) < 4.78 is 4.86. The largest absolute Gasteiger partial charge is 0.472 e. The van der Waals surface area contributed by atoms with Gasteiger partial charge in [-0.25, -0.2) is 4.79 Å². The Morgan fingerprint density at radius 3 is 2.92 bits per heavy atom. The van der Waals surface area contributed by atoms with Crippen LogP contribution < -0.4 is 10.6 Å².